The van der Waals surface area contributed by atoms with Crippen LogP contribution >= 0.6 is 0 Å². The van der Waals surface area contributed by atoms with Gasteiger partial charge in [-0.25, -0.2) is 0 Å². The average Bonchev–Trinajstić information content (AvgIpc) is 3.11. The maximum absolute atomic E-state index is 7.87. The van der Waals surface area contributed by atoms with E-state index in [1.165, 1.54) is 35.2 Å². The molecule has 0 spiro atoms. The Bertz CT molecular complexity index is 1460. The number of hydrogen-bond donors (Lipinski definition) is 0. The molecular weight excluding hydrogens is 418 g/mol. The van der Waals surface area contributed by atoms with Gasteiger partial charge in [-0.15, -0.1) is 0 Å². The molecule has 2 aromatic heterocycles. The summed E-state index contributed by atoms with van der Waals surface area (Å²) >= 11 is -0.731. The van der Waals surface area contributed by atoms with Crippen LogP contribution in [0.4, 0.5) is 0 Å². The number of fused-ring (bicyclic) bond motifs is 5. The molecule has 0 aliphatic rings. The van der Waals surface area contributed by atoms with Crippen LogP contribution in [0.3, 0.4) is 0 Å². The summed E-state index contributed by atoms with van der Waals surface area (Å²) < 4.78 is 49.3. The second kappa shape index (κ2) is 5.70. The fourth-order valence-corrected chi connectivity index (χ4v) is 7.21. The van der Waals surface area contributed by atoms with Gasteiger partial charge in [0.05, 0.1) is 0 Å². The van der Waals surface area contributed by atoms with E-state index in [0.717, 1.165) is 10.9 Å². The molecule has 0 atom stereocenters. The topological polar surface area (TPSA) is 12.9 Å². The number of rotatable bonds is 1. The predicted octanol–water partition coefficient (Wildman–Crippen LogP) is 5.88. The Morgan fingerprint density at radius 3 is 2.56 bits per heavy atom. The van der Waals surface area contributed by atoms with E-state index in [2.05, 4.69) is 41.4 Å². The maximum atomic E-state index is 7.87. The first-order valence-electron chi connectivity index (χ1n) is 11.0. The summed E-state index contributed by atoms with van der Waals surface area (Å²) in [5.41, 5.74) is 1.03. The van der Waals surface area contributed by atoms with Gasteiger partial charge >= 0.3 is 165 Å². The standard InChI is InChI=1S/C23H17NTe/c1-14-12-21(24-13-15(14)2)20-9-5-8-18-19-11-10-16-6-3-4-7-17(16)22(19)25-23(18)20/h3-13H,1-2H3/i1D3,2D3. The number of nitrogens with zero attached hydrogens (tertiary/aromatic N) is 1. The van der Waals surface area contributed by atoms with Gasteiger partial charge in [-0.05, 0) is 0 Å². The van der Waals surface area contributed by atoms with Crippen LogP contribution in [0.1, 0.15) is 19.4 Å². The van der Waals surface area contributed by atoms with Gasteiger partial charge in [0.2, 0.25) is 0 Å². The summed E-state index contributed by atoms with van der Waals surface area (Å²) in [6.07, 6.45) is 1.21. The van der Waals surface area contributed by atoms with Crippen LogP contribution in [0.2, 0.25) is 0 Å². The number of hydrogen-bond acceptors (Lipinski definition) is 1. The van der Waals surface area contributed by atoms with Crippen molar-refractivity contribution < 1.29 is 8.22 Å². The molecule has 0 radical (unpaired) electrons. The van der Waals surface area contributed by atoms with Gasteiger partial charge in [0.25, 0.3) is 0 Å². The zero-order chi connectivity index (χ0) is 22.0. The SMILES string of the molecule is [2H]C([2H])([2H])c1cnc(-c2cccc3c2[te]c2c4ccccc4ccc32)cc1C([2H])([2H])[2H]. The Balaban J connectivity index is 1.80. The molecule has 120 valence electrons. The molecule has 0 N–H and O–H groups in total. The second-order valence-electron chi connectivity index (χ2n) is 6.06. The number of aromatic nitrogens is 1. The summed E-state index contributed by atoms with van der Waals surface area (Å²) in [6, 6.07) is 20.1. The number of pyridine rings is 1. The molecule has 0 fully saturated rings. The average molecular weight is 441 g/mol. The van der Waals surface area contributed by atoms with Crippen molar-refractivity contribution in [1.82, 2.24) is 4.98 Å². The molecule has 5 aromatic rings. The van der Waals surface area contributed by atoms with Gasteiger partial charge in [0, 0.05) is 0 Å². The first-order chi connectivity index (χ1) is 14.6. The molecule has 0 aliphatic carbocycles. The summed E-state index contributed by atoms with van der Waals surface area (Å²) in [5.74, 6) is 0. The number of aryl methyl sites for hydroxylation is 2. The van der Waals surface area contributed by atoms with Crippen molar-refractivity contribution in [3.63, 3.8) is 0 Å². The van der Waals surface area contributed by atoms with Crippen molar-refractivity contribution in [2.75, 3.05) is 0 Å². The van der Waals surface area contributed by atoms with Gasteiger partial charge in [-0.2, -0.15) is 0 Å². The molecule has 0 bridgehead atoms. The Hall–Kier alpha value is -2.14. The minimum absolute atomic E-state index is 0.156. The van der Waals surface area contributed by atoms with Crippen molar-refractivity contribution in [3.8, 4) is 11.3 Å². The van der Waals surface area contributed by atoms with E-state index in [1.54, 1.807) is 0 Å². The summed E-state index contributed by atoms with van der Waals surface area (Å²) in [4.78, 5) is 4.40. The molecule has 0 saturated heterocycles. The normalized spacial score (nSPS) is 16.2. The van der Waals surface area contributed by atoms with Crippen LogP contribution < -0.4 is 0 Å². The van der Waals surface area contributed by atoms with E-state index in [0.29, 0.717) is 5.69 Å². The molecule has 2 heteroatoms. The Kier molecular flexibility index (Phi) is 2.31. The molecular formula is C23H17NTe. The van der Waals surface area contributed by atoms with Crippen LogP contribution in [0.5, 0.6) is 0 Å². The molecule has 0 aliphatic heterocycles. The fourth-order valence-electron chi connectivity index (χ4n) is 3.33. The van der Waals surface area contributed by atoms with Crippen molar-refractivity contribution in [1.29, 1.82) is 0 Å². The van der Waals surface area contributed by atoms with E-state index in [4.69, 9.17) is 8.22 Å². The third-order valence-electron chi connectivity index (χ3n) is 4.57. The van der Waals surface area contributed by atoms with Crippen molar-refractivity contribution in [3.05, 3.63) is 78.0 Å². The van der Waals surface area contributed by atoms with E-state index in [-0.39, 0.29) is 11.1 Å². The first-order valence-corrected chi connectivity index (χ1v) is 10.3. The molecule has 1 nitrogen and oxygen atoms in total. The van der Waals surface area contributed by atoms with Crippen molar-refractivity contribution in [2.24, 2.45) is 0 Å². The minimum atomic E-state index is -2.53. The third kappa shape index (κ3) is 2.33. The molecule has 0 saturated carbocycles. The van der Waals surface area contributed by atoms with Crippen LogP contribution in [0, 0.1) is 13.7 Å². The molecule has 25 heavy (non-hydrogen) atoms. The van der Waals surface area contributed by atoms with Crippen LogP contribution in [-0.4, -0.2) is 25.4 Å². The zero-order valence-electron chi connectivity index (χ0n) is 19.2. The Morgan fingerprint density at radius 2 is 1.64 bits per heavy atom. The van der Waals surface area contributed by atoms with Crippen molar-refractivity contribution >= 4 is 48.8 Å². The molecule has 5 rings (SSSR count). The number of benzene rings is 3. The van der Waals surface area contributed by atoms with Crippen LogP contribution in [0.15, 0.2) is 66.9 Å². The van der Waals surface area contributed by atoms with E-state index >= 15 is 0 Å². The third-order valence-corrected chi connectivity index (χ3v) is 8.24. The van der Waals surface area contributed by atoms with Crippen LogP contribution in [-0.2, 0) is 0 Å². The van der Waals surface area contributed by atoms with Crippen LogP contribution in [0.25, 0.3) is 39.6 Å². The van der Waals surface area contributed by atoms with E-state index < -0.39 is 34.1 Å². The van der Waals surface area contributed by atoms with E-state index in [9.17, 15) is 0 Å². The van der Waals surface area contributed by atoms with Gasteiger partial charge in [-0.3, -0.25) is 0 Å². The monoisotopic (exact) mass is 443 g/mol. The predicted molar refractivity (Wildman–Crippen MR) is 109 cm³/mol. The van der Waals surface area contributed by atoms with Gasteiger partial charge in [-0.1, -0.05) is 0 Å². The quantitative estimate of drug-likeness (QED) is 0.296. The molecule has 0 unspecified atom stereocenters. The summed E-state index contributed by atoms with van der Waals surface area (Å²) in [7, 11) is 0. The zero-order valence-corrected chi connectivity index (χ0v) is 15.5. The Morgan fingerprint density at radius 1 is 0.800 bits per heavy atom. The van der Waals surface area contributed by atoms with Gasteiger partial charge in [0.15, 0.2) is 0 Å². The molecule has 2 heterocycles. The second-order valence-corrected chi connectivity index (χ2v) is 8.98. The summed E-state index contributed by atoms with van der Waals surface area (Å²) in [6.45, 7) is -5.06. The molecule has 3 aromatic carbocycles. The van der Waals surface area contributed by atoms with E-state index in [1.807, 2.05) is 18.2 Å². The molecule has 0 amide bonds. The summed E-state index contributed by atoms with van der Waals surface area (Å²) in [5, 5.41) is 4.87. The van der Waals surface area contributed by atoms with Gasteiger partial charge in [0.1, 0.15) is 0 Å². The van der Waals surface area contributed by atoms with Gasteiger partial charge < -0.3 is 0 Å². The first kappa shape index (κ1) is 10.1. The Labute approximate surface area is 165 Å². The fraction of sp³-hybridized carbons (Fsp3) is 0.0870. The van der Waals surface area contributed by atoms with Crippen molar-refractivity contribution in [2.45, 2.75) is 13.7 Å².